The number of benzene rings is 1. The number of alkyl halides is 3. The third-order valence-electron chi connectivity index (χ3n) is 3.21. The lowest BCUT2D eigenvalue weighted by Gasteiger charge is -2.12. The molecule has 1 aliphatic rings. The molecule has 0 saturated carbocycles. The summed E-state index contributed by atoms with van der Waals surface area (Å²) in [4.78, 5) is 23.1. The molecule has 1 aromatic rings. The van der Waals surface area contributed by atoms with Crippen LogP contribution in [-0.2, 0) is 4.79 Å². The molecule has 3 N–H and O–H groups in total. The Bertz CT molecular complexity index is 621. The number of hydrogen-bond donors (Lipinski definition) is 3. The minimum Gasteiger partial charge on any atom is -0.508 e. The number of carbonyl (C=O) groups is 2. The molecule has 0 fully saturated rings. The number of hydrogen-bond acceptors (Lipinski definition) is 4. The first-order valence-electron chi connectivity index (χ1n) is 6.48. The molecule has 8 heteroatoms. The van der Waals surface area contributed by atoms with Crippen molar-refractivity contribution in [1.82, 2.24) is 10.9 Å². The van der Waals surface area contributed by atoms with Crippen LogP contribution in [0.25, 0.3) is 0 Å². The molecule has 1 aromatic carbocycles. The fraction of sp³-hybridized carbons (Fsp3) is 0.286. The topological polar surface area (TPSA) is 78.4 Å². The second-order valence-electron chi connectivity index (χ2n) is 4.76. The lowest BCUT2D eigenvalue weighted by Crippen LogP contribution is -2.38. The van der Waals surface area contributed by atoms with Crippen molar-refractivity contribution in [3.05, 3.63) is 41.1 Å². The molecule has 0 spiro atoms. The van der Waals surface area contributed by atoms with Gasteiger partial charge in [-0.25, -0.2) is 0 Å². The monoisotopic (exact) mass is 314 g/mol. The number of ketones is 1. The van der Waals surface area contributed by atoms with Gasteiger partial charge in [-0.1, -0.05) is 0 Å². The summed E-state index contributed by atoms with van der Waals surface area (Å²) in [6, 6.07) is 5.33. The molecule has 1 amide bonds. The average molecular weight is 314 g/mol. The van der Waals surface area contributed by atoms with Gasteiger partial charge in [-0.2, -0.15) is 13.2 Å². The third-order valence-corrected chi connectivity index (χ3v) is 3.21. The van der Waals surface area contributed by atoms with Crippen LogP contribution >= 0.6 is 0 Å². The van der Waals surface area contributed by atoms with Crippen molar-refractivity contribution in [2.75, 3.05) is 0 Å². The van der Waals surface area contributed by atoms with Gasteiger partial charge in [0.15, 0.2) is 0 Å². The highest BCUT2D eigenvalue weighted by Gasteiger charge is 2.42. The number of carbonyl (C=O) groups excluding carboxylic acids is 2. The molecule has 118 valence electrons. The summed E-state index contributed by atoms with van der Waals surface area (Å²) in [6.07, 6.45) is -4.23. The van der Waals surface area contributed by atoms with Crippen LogP contribution in [0, 0.1) is 0 Å². The molecule has 0 saturated heterocycles. The number of amides is 1. The van der Waals surface area contributed by atoms with Crippen molar-refractivity contribution in [3.8, 4) is 5.75 Å². The number of allylic oxidation sites excluding steroid dienone is 2. The van der Waals surface area contributed by atoms with E-state index in [4.69, 9.17) is 5.11 Å². The number of phenolic OH excluding ortho intramolecular Hbond substituents is 1. The van der Waals surface area contributed by atoms with E-state index in [9.17, 15) is 22.8 Å². The largest absolute Gasteiger partial charge is 0.508 e. The summed E-state index contributed by atoms with van der Waals surface area (Å²) in [7, 11) is 0. The van der Waals surface area contributed by atoms with Crippen molar-refractivity contribution in [1.29, 1.82) is 0 Å². The van der Waals surface area contributed by atoms with Gasteiger partial charge in [-0.3, -0.25) is 15.0 Å². The third kappa shape index (κ3) is 3.57. The van der Waals surface area contributed by atoms with Crippen LogP contribution in [-0.4, -0.2) is 23.0 Å². The molecule has 22 heavy (non-hydrogen) atoms. The Morgan fingerprint density at radius 2 is 1.73 bits per heavy atom. The van der Waals surface area contributed by atoms with Gasteiger partial charge in [0.05, 0.1) is 0 Å². The second kappa shape index (κ2) is 6.08. The highest BCUT2D eigenvalue weighted by atomic mass is 19.4. The summed E-state index contributed by atoms with van der Waals surface area (Å²) in [5, 5.41) is 9.11. The minimum absolute atomic E-state index is 0.0129. The van der Waals surface area contributed by atoms with E-state index in [1.165, 1.54) is 24.3 Å². The maximum Gasteiger partial charge on any atom is 0.454 e. The number of phenols is 1. The lowest BCUT2D eigenvalue weighted by atomic mass is 10.1. The predicted molar refractivity (Wildman–Crippen MR) is 70.6 cm³/mol. The van der Waals surface area contributed by atoms with Crippen LogP contribution in [0.4, 0.5) is 13.2 Å². The first-order valence-corrected chi connectivity index (χ1v) is 6.48. The van der Waals surface area contributed by atoms with E-state index in [0.29, 0.717) is 6.42 Å². The first-order chi connectivity index (χ1) is 10.3. The fourth-order valence-corrected chi connectivity index (χ4v) is 2.12. The van der Waals surface area contributed by atoms with Crippen LogP contribution in [0.2, 0.25) is 0 Å². The Morgan fingerprint density at radius 3 is 2.32 bits per heavy atom. The maximum atomic E-state index is 12.5. The number of Topliss-reactive ketones (excluding diaryl/α,β-unsaturated/α-hetero) is 1. The van der Waals surface area contributed by atoms with Gasteiger partial charge < -0.3 is 10.5 Å². The van der Waals surface area contributed by atoms with Crippen molar-refractivity contribution in [2.24, 2.45) is 0 Å². The average Bonchev–Trinajstić information content (AvgIpc) is 2.91. The number of nitrogens with one attached hydrogen (secondary N) is 2. The van der Waals surface area contributed by atoms with E-state index < -0.39 is 17.9 Å². The van der Waals surface area contributed by atoms with Crippen molar-refractivity contribution in [3.63, 3.8) is 0 Å². The fourth-order valence-electron chi connectivity index (χ4n) is 2.12. The standard InChI is InChI=1S/C14H13F3N2O3/c15-14(16,17)12(21)10-2-1-3-11(10)18-19-13(22)8-4-6-9(20)7-5-8/h4-7,18,20H,1-3H2,(H,19,22). The summed E-state index contributed by atoms with van der Waals surface area (Å²) in [5.41, 5.74) is 4.59. The van der Waals surface area contributed by atoms with E-state index in [2.05, 4.69) is 10.9 Å². The van der Waals surface area contributed by atoms with Gasteiger partial charge in [0.2, 0.25) is 0 Å². The number of hydrazine groups is 1. The van der Waals surface area contributed by atoms with Crippen molar-refractivity contribution >= 4 is 11.7 Å². The number of halogens is 3. The summed E-state index contributed by atoms with van der Waals surface area (Å²) < 4.78 is 37.4. The summed E-state index contributed by atoms with van der Waals surface area (Å²) in [6.45, 7) is 0. The quantitative estimate of drug-likeness (QED) is 0.745. The molecule has 1 aliphatic carbocycles. The molecule has 5 nitrogen and oxygen atoms in total. The van der Waals surface area contributed by atoms with Gasteiger partial charge in [0, 0.05) is 16.8 Å². The second-order valence-corrected chi connectivity index (χ2v) is 4.76. The van der Waals surface area contributed by atoms with E-state index >= 15 is 0 Å². The zero-order valence-electron chi connectivity index (χ0n) is 11.3. The van der Waals surface area contributed by atoms with E-state index in [1.54, 1.807) is 0 Å². The van der Waals surface area contributed by atoms with Gasteiger partial charge in [-0.05, 0) is 43.5 Å². The highest BCUT2D eigenvalue weighted by Crippen LogP contribution is 2.30. The molecular weight excluding hydrogens is 301 g/mol. The Labute approximate surface area is 123 Å². The Morgan fingerprint density at radius 1 is 1.09 bits per heavy atom. The molecule has 0 heterocycles. The summed E-state index contributed by atoms with van der Waals surface area (Å²) >= 11 is 0. The maximum absolute atomic E-state index is 12.5. The summed E-state index contributed by atoms with van der Waals surface area (Å²) in [5.74, 6) is -2.48. The van der Waals surface area contributed by atoms with Crippen molar-refractivity contribution < 1.29 is 27.9 Å². The minimum atomic E-state index is -4.92. The molecule has 0 bridgehead atoms. The van der Waals surface area contributed by atoms with Crippen LogP contribution in [0.15, 0.2) is 35.5 Å². The van der Waals surface area contributed by atoms with E-state index in [1.807, 2.05) is 0 Å². The predicted octanol–water partition coefficient (Wildman–Crippen LogP) is 2.20. The molecule has 2 rings (SSSR count). The highest BCUT2D eigenvalue weighted by molar-refractivity contribution is 6.00. The van der Waals surface area contributed by atoms with Crippen LogP contribution in [0.1, 0.15) is 29.6 Å². The molecule has 0 aromatic heterocycles. The van der Waals surface area contributed by atoms with Gasteiger partial charge in [0.25, 0.3) is 11.7 Å². The number of aromatic hydroxyl groups is 1. The SMILES string of the molecule is O=C(NNC1=C(C(=O)C(F)(F)F)CCC1)c1ccc(O)cc1. The van der Waals surface area contributed by atoms with Crippen LogP contribution in [0.3, 0.4) is 0 Å². The molecule has 0 radical (unpaired) electrons. The first kappa shape index (κ1) is 15.9. The smallest absolute Gasteiger partial charge is 0.454 e. The van der Waals surface area contributed by atoms with E-state index in [0.717, 1.165) is 0 Å². The van der Waals surface area contributed by atoms with Crippen LogP contribution in [0.5, 0.6) is 5.75 Å². The van der Waals surface area contributed by atoms with Gasteiger partial charge in [0.1, 0.15) is 5.75 Å². The van der Waals surface area contributed by atoms with E-state index in [-0.39, 0.29) is 35.4 Å². The Kier molecular flexibility index (Phi) is 4.39. The molecule has 0 unspecified atom stereocenters. The van der Waals surface area contributed by atoms with Gasteiger partial charge in [-0.15, -0.1) is 0 Å². The molecule has 0 atom stereocenters. The zero-order valence-corrected chi connectivity index (χ0v) is 11.3. The Hall–Kier alpha value is -2.51. The normalized spacial score (nSPS) is 14.9. The zero-order chi connectivity index (χ0) is 16.3. The lowest BCUT2D eigenvalue weighted by molar-refractivity contribution is -0.166. The van der Waals surface area contributed by atoms with Gasteiger partial charge >= 0.3 is 6.18 Å². The number of rotatable bonds is 4. The molecule has 0 aliphatic heterocycles. The van der Waals surface area contributed by atoms with Crippen LogP contribution < -0.4 is 10.9 Å². The Balaban J connectivity index is 2.05. The molecular formula is C14H13F3N2O3. The van der Waals surface area contributed by atoms with Crippen molar-refractivity contribution in [2.45, 2.75) is 25.4 Å².